The summed E-state index contributed by atoms with van der Waals surface area (Å²) in [5.41, 5.74) is 1.14. The zero-order valence-corrected chi connectivity index (χ0v) is 11.7. The number of hydrogen-bond donors (Lipinski definition) is 0. The molecule has 2 rings (SSSR count). The summed E-state index contributed by atoms with van der Waals surface area (Å²) in [4.78, 5) is 20.0. The maximum Gasteiger partial charge on any atom is 0.241 e. The first-order valence-corrected chi connectivity index (χ1v) is 6.49. The van der Waals surface area contributed by atoms with Crippen LogP contribution in [0.3, 0.4) is 0 Å². The van der Waals surface area contributed by atoms with Gasteiger partial charge in [0.2, 0.25) is 5.91 Å². The summed E-state index contributed by atoms with van der Waals surface area (Å²) in [7, 11) is 1.85. The number of rotatable bonds is 1. The number of carbonyl (C=O) groups is 1. The summed E-state index contributed by atoms with van der Waals surface area (Å²) in [6.45, 7) is 4.12. The molecule has 1 aromatic heterocycles. The van der Waals surface area contributed by atoms with E-state index in [4.69, 9.17) is 0 Å². The molecule has 92 valence electrons. The predicted molar refractivity (Wildman–Crippen MR) is 71.1 cm³/mol. The van der Waals surface area contributed by atoms with Crippen LogP contribution in [-0.4, -0.2) is 42.5 Å². The minimum Gasteiger partial charge on any atom is -0.346 e. The van der Waals surface area contributed by atoms with Gasteiger partial charge in [-0.15, -0.1) is 0 Å². The van der Waals surface area contributed by atoms with Gasteiger partial charge in [-0.1, -0.05) is 0 Å². The highest BCUT2D eigenvalue weighted by atomic mass is 79.9. The Bertz CT molecular complexity index is 436. The summed E-state index contributed by atoms with van der Waals surface area (Å²) in [6.07, 6.45) is 2.76. The highest BCUT2D eigenvalue weighted by molar-refractivity contribution is 9.10. The maximum atomic E-state index is 11.8. The van der Waals surface area contributed by atoms with Gasteiger partial charge in [0.15, 0.2) is 0 Å². The van der Waals surface area contributed by atoms with Crippen molar-refractivity contribution in [2.24, 2.45) is 0 Å². The Morgan fingerprint density at radius 3 is 2.94 bits per heavy atom. The first kappa shape index (κ1) is 12.4. The van der Waals surface area contributed by atoms with Crippen LogP contribution in [0.4, 0.5) is 5.82 Å². The molecule has 0 unspecified atom stereocenters. The third kappa shape index (κ3) is 2.60. The van der Waals surface area contributed by atoms with Gasteiger partial charge in [-0.25, -0.2) is 4.98 Å². The normalized spacial score (nSPS) is 17.2. The highest BCUT2D eigenvalue weighted by Gasteiger charge is 2.21. The number of aromatic nitrogens is 1. The SMILES string of the molecule is Cc1ccnc(N2CCCN(C)C(=O)C2)c1Br. The molecule has 1 aliphatic heterocycles. The first-order valence-electron chi connectivity index (χ1n) is 5.69. The lowest BCUT2D eigenvalue weighted by atomic mass is 10.3. The number of amides is 1. The molecule has 1 aliphatic rings. The highest BCUT2D eigenvalue weighted by Crippen LogP contribution is 2.27. The predicted octanol–water partition coefficient (Wildman–Crippen LogP) is 1.82. The Labute approximate surface area is 110 Å². The van der Waals surface area contributed by atoms with E-state index in [-0.39, 0.29) is 5.91 Å². The number of nitrogens with zero attached hydrogens (tertiary/aromatic N) is 3. The third-order valence-electron chi connectivity index (χ3n) is 3.04. The second-order valence-corrected chi connectivity index (χ2v) is 5.15. The van der Waals surface area contributed by atoms with Gasteiger partial charge in [0.05, 0.1) is 11.0 Å². The van der Waals surface area contributed by atoms with E-state index in [2.05, 4.69) is 20.9 Å². The van der Waals surface area contributed by atoms with Gasteiger partial charge in [-0.3, -0.25) is 4.79 Å². The summed E-state index contributed by atoms with van der Waals surface area (Å²) in [6, 6.07) is 1.96. The standard InChI is InChI=1S/C12H16BrN3O/c1-9-4-5-14-12(11(9)13)16-7-3-6-15(2)10(17)8-16/h4-5H,3,6-8H2,1-2H3. The average Bonchev–Trinajstić information content (AvgIpc) is 2.46. The Kier molecular flexibility index (Phi) is 3.66. The zero-order valence-electron chi connectivity index (χ0n) is 10.1. The van der Waals surface area contributed by atoms with Crippen LogP contribution in [-0.2, 0) is 4.79 Å². The van der Waals surface area contributed by atoms with Crippen LogP contribution < -0.4 is 4.90 Å². The molecule has 17 heavy (non-hydrogen) atoms. The lowest BCUT2D eigenvalue weighted by molar-refractivity contribution is -0.127. The van der Waals surface area contributed by atoms with Crippen LogP contribution >= 0.6 is 15.9 Å². The van der Waals surface area contributed by atoms with Crippen molar-refractivity contribution in [1.82, 2.24) is 9.88 Å². The molecule has 1 aromatic rings. The third-order valence-corrected chi connectivity index (χ3v) is 4.02. The van der Waals surface area contributed by atoms with Gasteiger partial charge in [0, 0.05) is 26.3 Å². The van der Waals surface area contributed by atoms with Crippen molar-refractivity contribution in [2.45, 2.75) is 13.3 Å². The van der Waals surface area contributed by atoms with Gasteiger partial charge in [0.1, 0.15) is 5.82 Å². The molecule has 0 atom stereocenters. The number of carbonyl (C=O) groups excluding carboxylic acids is 1. The Morgan fingerprint density at radius 1 is 1.41 bits per heavy atom. The van der Waals surface area contributed by atoms with Crippen molar-refractivity contribution in [1.29, 1.82) is 0 Å². The second kappa shape index (κ2) is 5.04. The van der Waals surface area contributed by atoms with E-state index in [1.54, 1.807) is 11.1 Å². The fourth-order valence-electron chi connectivity index (χ4n) is 1.91. The molecule has 5 heteroatoms. The number of aryl methyl sites for hydroxylation is 1. The summed E-state index contributed by atoms with van der Waals surface area (Å²) >= 11 is 3.55. The smallest absolute Gasteiger partial charge is 0.241 e. The van der Waals surface area contributed by atoms with Gasteiger partial charge in [0.25, 0.3) is 0 Å². The molecular weight excluding hydrogens is 282 g/mol. The van der Waals surface area contributed by atoms with E-state index in [0.717, 1.165) is 35.4 Å². The molecular formula is C12H16BrN3O. The van der Waals surface area contributed by atoms with Crippen molar-refractivity contribution in [3.05, 3.63) is 22.3 Å². The number of hydrogen-bond acceptors (Lipinski definition) is 3. The molecule has 0 saturated carbocycles. The lowest BCUT2D eigenvalue weighted by Gasteiger charge is -2.22. The lowest BCUT2D eigenvalue weighted by Crippen LogP contribution is -2.34. The molecule has 1 fully saturated rings. The summed E-state index contributed by atoms with van der Waals surface area (Å²) in [5.74, 6) is 1.02. The summed E-state index contributed by atoms with van der Waals surface area (Å²) in [5, 5.41) is 0. The van der Waals surface area contributed by atoms with E-state index in [1.807, 2.05) is 24.9 Å². The quantitative estimate of drug-likeness (QED) is 0.793. The molecule has 0 aromatic carbocycles. The van der Waals surface area contributed by atoms with Crippen molar-refractivity contribution < 1.29 is 4.79 Å². The van der Waals surface area contributed by atoms with Crippen LogP contribution in [0.5, 0.6) is 0 Å². The summed E-state index contributed by atoms with van der Waals surface area (Å²) < 4.78 is 0.984. The van der Waals surface area contributed by atoms with Crippen LogP contribution in [0.25, 0.3) is 0 Å². The molecule has 1 saturated heterocycles. The minimum absolute atomic E-state index is 0.151. The van der Waals surface area contributed by atoms with Gasteiger partial charge in [-0.2, -0.15) is 0 Å². The van der Waals surface area contributed by atoms with Gasteiger partial charge in [-0.05, 0) is 40.9 Å². The number of likely N-dealkylation sites (N-methyl/N-ethyl adjacent to an activating group) is 1. The topological polar surface area (TPSA) is 36.4 Å². The first-order chi connectivity index (χ1) is 8.09. The molecule has 0 spiro atoms. The van der Waals surface area contributed by atoms with Crippen LogP contribution in [0.15, 0.2) is 16.7 Å². The molecule has 4 nitrogen and oxygen atoms in total. The molecule has 2 heterocycles. The Morgan fingerprint density at radius 2 is 2.18 bits per heavy atom. The molecule has 0 bridgehead atoms. The monoisotopic (exact) mass is 297 g/mol. The van der Waals surface area contributed by atoms with Crippen LogP contribution in [0.2, 0.25) is 0 Å². The fourth-order valence-corrected chi connectivity index (χ4v) is 2.40. The van der Waals surface area contributed by atoms with Crippen molar-refractivity contribution in [3.8, 4) is 0 Å². The van der Waals surface area contributed by atoms with Gasteiger partial charge >= 0.3 is 0 Å². The fraction of sp³-hybridized carbons (Fsp3) is 0.500. The molecule has 0 radical (unpaired) electrons. The molecule has 0 aliphatic carbocycles. The van der Waals surface area contributed by atoms with E-state index >= 15 is 0 Å². The van der Waals surface area contributed by atoms with Crippen molar-refractivity contribution in [3.63, 3.8) is 0 Å². The number of halogens is 1. The Hall–Kier alpha value is -1.10. The second-order valence-electron chi connectivity index (χ2n) is 4.36. The van der Waals surface area contributed by atoms with Crippen molar-refractivity contribution >= 4 is 27.7 Å². The van der Waals surface area contributed by atoms with E-state index < -0.39 is 0 Å². The van der Waals surface area contributed by atoms with E-state index in [0.29, 0.717) is 6.54 Å². The molecule has 0 N–H and O–H groups in total. The van der Waals surface area contributed by atoms with Crippen LogP contribution in [0.1, 0.15) is 12.0 Å². The van der Waals surface area contributed by atoms with E-state index in [1.165, 1.54) is 0 Å². The van der Waals surface area contributed by atoms with Gasteiger partial charge < -0.3 is 9.80 Å². The van der Waals surface area contributed by atoms with Crippen LogP contribution in [0, 0.1) is 6.92 Å². The van der Waals surface area contributed by atoms with Crippen molar-refractivity contribution in [2.75, 3.05) is 31.6 Å². The average molecular weight is 298 g/mol. The maximum absolute atomic E-state index is 11.8. The number of anilines is 1. The minimum atomic E-state index is 0.151. The number of pyridine rings is 1. The zero-order chi connectivity index (χ0) is 12.4. The largest absolute Gasteiger partial charge is 0.346 e. The van der Waals surface area contributed by atoms with E-state index in [9.17, 15) is 4.79 Å². The Balaban J connectivity index is 2.27. The molecule has 1 amide bonds.